The quantitative estimate of drug-likeness (QED) is 0.567. The van der Waals surface area contributed by atoms with Crippen LogP contribution in [-0.2, 0) is 0 Å². The lowest BCUT2D eigenvalue weighted by molar-refractivity contribution is 0.526. The summed E-state index contributed by atoms with van der Waals surface area (Å²) in [4.78, 5) is 5.68. The Labute approximate surface area is 97.9 Å². The summed E-state index contributed by atoms with van der Waals surface area (Å²) in [6, 6.07) is 0. The summed E-state index contributed by atoms with van der Waals surface area (Å²) in [6.07, 6.45) is 11.5. The number of aromatic nitrogens is 1. The maximum atomic E-state index is 4.19. The molecule has 0 aliphatic carbocycles. The maximum Gasteiger partial charge on any atom is 0.0794 e. The van der Waals surface area contributed by atoms with Crippen LogP contribution in [0.4, 0.5) is 0 Å². The van der Waals surface area contributed by atoms with Gasteiger partial charge in [0.05, 0.1) is 5.51 Å². The Hall–Kier alpha value is -0.370. The average molecular weight is 225 g/mol. The monoisotopic (exact) mass is 225 g/mol. The fourth-order valence-electron chi connectivity index (χ4n) is 2.02. The number of hydrogen-bond acceptors (Lipinski definition) is 2. The van der Waals surface area contributed by atoms with Gasteiger partial charge in [0.15, 0.2) is 0 Å². The predicted octanol–water partition coefficient (Wildman–Crippen LogP) is 5.00. The van der Waals surface area contributed by atoms with Crippen LogP contribution in [-0.4, -0.2) is 4.98 Å². The van der Waals surface area contributed by atoms with Gasteiger partial charge in [-0.15, -0.1) is 11.3 Å². The first-order chi connectivity index (χ1) is 7.38. The first kappa shape index (κ1) is 12.7. The molecule has 0 spiro atoms. The number of thiazole rings is 1. The highest BCUT2D eigenvalue weighted by atomic mass is 32.1. The SMILES string of the molecule is CCCCCCC(CCC)c1cncs1. The third-order valence-electron chi connectivity index (χ3n) is 2.90. The zero-order chi connectivity index (χ0) is 10.9. The van der Waals surface area contributed by atoms with Crippen LogP contribution in [0.3, 0.4) is 0 Å². The number of unbranched alkanes of at least 4 members (excludes halogenated alkanes) is 3. The standard InChI is InChI=1S/C13H23NS/c1-3-5-6-7-9-12(8-4-2)13-10-14-11-15-13/h10-12H,3-9H2,1-2H3. The number of rotatable bonds is 8. The Morgan fingerprint density at radius 2 is 2.00 bits per heavy atom. The van der Waals surface area contributed by atoms with E-state index in [1.54, 1.807) is 0 Å². The molecule has 1 aromatic heterocycles. The van der Waals surface area contributed by atoms with Crippen molar-refractivity contribution >= 4 is 11.3 Å². The minimum Gasteiger partial charge on any atom is -0.253 e. The first-order valence-electron chi connectivity index (χ1n) is 6.26. The Morgan fingerprint density at radius 3 is 2.60 bits per heavy atom. The molecular weight excluding hydrogens is 202 g/mol. The van der Waals surface area contributed by atoms with E-state index in [0.717, 1.165) is 5.92 Å². The Balaban J connectivity index is 2.31. The number of hydrogen-bond donors (Lipinski definition) is 0. The van der Waals surface area contributed by atoms with Crippen molar-refractivity contribution in [3.05, 3.63) is 16.6 Å². The lowest BCUT2D eigenvalue weighted by Gasteiger charge is -2.13. The Morgan fingerprint density at radius 1 is 1.13 bits per heavy atom. The zero-order valence-corrected chi connectivity index (χ0v) is 10.9. The minimum atomic E-state index is 0.777. The zero-order valence-electron chi connectivity index (χ0n) is 10.0. The third kappa shape index (κ3) is 4.78. The van der Waals surface area contributed by atoms with Gasteiger partial charge in [-0.25, -0.2) is 0 Å². The van der Waals surface area contributed by atoms with Crippen molar-refractivity contribution in [2.24, 2.45) is 0 Å². The molecule has 0 N–H and O–H groups in total. The van der Waals surface area contributed by atoms with E-state index in [2.05, 4.69) is 25.0 Å². The second-order valence-electron chi connectivity index (χ2n) is 4.24. The van der Waals surface area contributed by atoms with E-state index in [4.69, 9.17) is 0 Å². The smallest absolute Gasteiger partial charge is 0.0794 e. The molecule has 2 heteroatoms. The fourth-order valence-corrected chi connectivity index (χ4v) is 2.82. The van der Waals surface area contributed by atoms with Gasteiger partial charge in [-0.05, 0) is 18.8 Å². The summed E-state index contributed by atoms with van der Waals surface area (Å²) >= 11 is 1.82. The molecule has 0 bridgehead atoms. The number of nitrogens with zero attached hydrogens (tertiary/aromatic N) is 1. The second-order valence-corrected chi connectivity index (χ2v) is 5.16. The van der Waals surface area contributed by atoms with Crippen molar-refractivity contribution in [3.63, 3.8) is 0 Å². The highest BCUT2D eigenvalue weighted by Crippen LogP contribution is 2.29. The van der Waals surface area contributed by atoms with Gasteiger partial charge >= 0.3 is 0 Å². The minimum absolute atomic E-state index is 0.777. The van der Waals surface area contributed by atoms with E-state index >= 15 is 0 Å². The lowest BCUT2D eigenvalue weighted by Crippen LogP contribution is -1.96. The fraction of sp³-hybridized carbons (Fsp3) is 0.769. The van der Waals surface area contributed by atoms with Crippen LogP contribution in [0.5, 0.6) is 0 Å². The van der Waals surface area contributed by atoms with Crippen LogP contribution in [0.25, 0.3) is 0 Å². The molecule has 1 nitrogen and oxygen atoms in total. The molecule has 1 atom stereocenters. The second kappa shape index (κ2) is 7.86. The summed E-state index contributed by atoms with van der Waals surface area (Å²) in [5.74, 6) is 0.777. The van der Waals surface area contributed by atoms with Crippen molar-refractivity contribution in [2.75, 3.05) is 0 Å². The van der Waals surface area contributed by atoms with E-state index in [1.807, 2.05) is 16.8 Å². The van der Waals surface area contributed by atoms with Crippen LogP contribution >= 0.6 is 11.3 Å². The topological polar surface area (TPSA) is 12.9 Å². The van der Waals surface area contributed by atoms with Gasteiger partial charge in [0.1, 0.15) is 0 Å². The molecule has 0 aromatic carbocycles. The highest BCUT2D eigenvalue weighted by Gasteiger charge is 2.11. The summed E-state index contributed by atoms with van der Waals surface area (Å²) in [7, 11) is 0. The normalized spacial score (nSPS) is 12.9. The molecule has 15 heavy (non-hydrogen) atoms. The van der Waals surface area contributed by atoms with Crippen LogP contribution in [0.2, 0.25) is 0 Å². The van der Waals surface area contributed by atoms with Gasteiger partial charge in [-0.3, -0.25) is 4.98 Å². The average Bonchev–Trinajstić information content (AvgIpc) is 2.76. The first-order valence-corrected chi connectivity index (χ1v) is 7.14. The van der Waals surface area contributed by atoms with Crippen molar-refractivity contribution < 1.29 is 0 Å². The highest BCUT2D eigenvalue weighted by molar-refractivity contribution is 7.09. The molecule has 0 aliphatic rings. The van der Waals surface area contributed by atoms with Gasteiger partial charge in [-0.2, -0.15) is 0 Å². The molecule has 0 radical (unpaired) electrons. The lowest BCUT2D eigenvalue weighted by atomic mass is 9.95. The van der Waals surface area contributed by atoms with Crippen molar-refractivity contribution in [2.45, 2.75) is 64.7 Å². The van der Waals surface area contributed by atoms with E-state index in [9.17, 15) is 0 Å². The summed E-state index contributed by atoms with van der Waals surface area (Å²) in [5.41, 5.74) is 1.96. The van der Waals surface area contributed by atoms with E-state index in [-0.39, 0.29) is 0 Å². The molecule has 1 rings (SSSR count). The largest absolute Gasteiger partial charge is 0.253 e. The van der Waals surface area contributed by atoms with Gasteiger partial charge < -0.3 is 0 Å². The van der Waals surface area contributed by atoms with Gasteiger partial charge in [0, 0.05) is 11.1 Å². The van der Waals surface area contributed by atoms with Gasteiger partial charge in [0.25, 0.3) is 0 Å². The summed E-state index contributed by atoms with van der Waals surface area (Å²) in [6.45, 7) is 4.55. The molecule has 1 unspecified atom stereocenters. The predicted molar refractivity (Wildman–Crippen MR) is 68.5 cm³/mol. The molecular formula is C13H23NS. The summed E-state index contributed by atoms with van der Waals surface area (Å²) in [5, 5.41) is 0. The van der Waals surface area contributed by atoms with Crippen LogP contribution in [0.1, 0.15) is 69.6 Å². The van der Waals surface area contributed by atoms with Crippen LogP contribution in [0, 0.1) is 0 Å². The van der Waals surface area contributed by atoms with Crippen molar-refractivity contribution in [3.8, 4) is 0 Å². The molecule has 0 amide bonds. The molecule has 86 valence electrons. The van der Waals surface area contributed by atoms with Crippen molar-refractivity contribution in [1.29, 1.82) is 0 Å². The van der Waals surface area contributed by atoms with Gasteiger partial charge in [0.2, 0.25) is 0 Å². The Kier molecular flexibility index (Phi) is 6.66. The molecule has 0 saturated carbocycles. The molecule has 1 heterocycles. The van der Waals surface area contributed by atoms with E-state index in [0.29, 0.717) is 0 Å². The van der Waals surface area contributed by atoms with E-state index in [1.165, 1.54) is 49.8 Å². The molecule has 0 aliphatic heterocycles. The third-order valence-corrected chi connectivity index (χ3v) is 3.84. The molecule has 0 saturated heterocycles. The van der Waals surface area contributed by atoms with Crippen molar-refractivity contribution in [1.82, 2.24) is 4.98 Å². The summed E-state index contributed by atoms with van der Waals surface area (Å²) < 4.78 is 0. The maximum absolute atomic E-state index is 4.19. The van der Waals surface area contributed by atoms with Crippen LogP contribution < -0.4 is 0 Å². The molecule has 0 fully saturated rings. The molecule has 1 aromatic rings. The van der Waals surface area contributed by atoms with Crippen LogP contribution in [0.15, 0.2) is 11.7 Å². The van der Waals surface area contributed by atoms with E-state index < -0.39 is 0 Å². The Bertz CT molecular complexity index is 231. The van der Waals surface area contributed by atoms with Gasteiger partial charge in [-0.1, -0.05) is 46.0 Å².